The quantitative estimate of drug-likeness (QED) is 0.162. The predicted octanol–water partition coefficient (Wildman–Crippen LogP) is 0.214. The Balaban J connectivity index is 1.72. The number of carbonyl (C=O) groups is 4. The standard InChI is InChI=1S/C25H34N4O9S/c1-12(2)17(26)21(32)37-11-38-22(33)19-13(3)10-39-24-25(36-5,23(34)29(19)24)28-20(31)18(27)14-6-7-16(30)15(8-14)9-35-4/h6-8,12,17-18,24,30H,9-11,26-27H2,1-5H3,(H,28,31). The van der Waals surface area contributed by atoms with Crippen LogP contribution in [0.25, 0.3) is 0 Å². The second-order valence-corrected chi connectivity index (χ2v) is 10.5. The summed E-state index contributed by atoms with van der Waals surface area (Å²) in [4.78, 5) is 52.5. The highest BCUT2D eigenvalue weighted by Gasteiger charge is 2.66. The van der Waals surface area contributed by atoms with Crippen molar-refractivity contribution >= 4 is 35.5 Å². The van der Waals surface area contributed by atoms with Crippen molar-refractivity contribution in [3.63, 3.8) is 0 Å². The molecule has 0 bridgehead atoms. The van der Waals surface area contributed by atoms with Crippen LogP contribution < -0.4 is 16.8 Å². The van der Waals surface area contributed by atoms with Crippen LogP contribution in [0, 0.1) is 5.92 Å². The minimum absolute atomic E-state index is 0.0101. The number of rotatable bonds is 11. The Bertz CT molecular complexity index is 1170. The monoisotopic (exact) mass is 566 g/mol. The molecule has 1 saturated heterocycles. The first kappa shape index (κ1) is 30.4. The first-order chi connectivity index (χ1) is 18.4. The van der Waals surface area contributed by atoms with Crippen LogP contribution in [0.3, 0.4) is 0 Å². The molecule has 14 heteroatoms. The maximum atomic E-state index is 13.4. The molecule has 0 aromatic heterocycles. The van der Waals surface area contributed by atoms with Crippen molar-refractivity contribution in [1.29, 1.82) is 0 Å². The van der Waals surface area contributed by atoms with Crippen LogP contribution >= 0.6 is 11.8 Å². The summed E-state index contributed by atoms with van der Waals surface area (Å²) < 4.78 is 20.6. The number of nitrogens with one attached hydrogen (secondary N) is 1. The van der Waals surface area contributed by atoms with Crippen LogP contribution in [0.2, 0.25) is 0 Å². The van der Waals surface area contributed by atoms with Crippen molar-refractivity contribution in [1.82, 2.24) is 10.2 Å². The van der Waals surface area contributed by atoms with Crippen LogP contribution in [-0.4, -0.2) is 77.7 Å². The molecule has 0 radical (unpaired) electrons. The maximum absolute atomic E-state index is 13.4. The lowest BCUT2D eigenvalue weighted by Crippen LogP contribution is -2.81. The van der Waals surface area contributed by atoms with Gasteiger partial charge in [-0.2, -0.15) is 0 Å². The molecule has 1 fully saturated rings. The number of methoxy groups -OCH3 is 2. The fourth-order valence-corrected chi connectivity index (χ4v) is 5.47. The van der Waals surface area contributed by atoms with E-state index in [0.29, 0.717) is 22.5 Å². The number of thioether (sulfide) groups is 1. The van der Waals surface area contributed by atoms with Crippen molar-refractivity contribution in [3.05, 3.63) is 40.6 Å². The van der Waals surface area contributed by atoms with Gasteiger partial charge in [0, 0.05) is 25.5 Å². The Hall–Kier alpha value is -3.17. The van der Waals surface area contributed by atoms with Gasteiger partial charge in [-0.25, -0.2) is 4.79 Å². The second kappa shape index (κ2) is 12.3. The SMILES string of the molecule is COCc1cc(C(N)C(=O)NC2(OC)C(=O)N3C(C(=O)OCOC(=O)C(N)C(C)C)=C(C)CSC32)ccc1O. The van der Waals surface area contributed by atoms with Crippen LogP contribution in [-0.2, 0) is 44.7 Å². The third-order valence-corrected chi connectivity index (χ3v) is 7.93. The molecule has 0 aliphatic carbocycles. The van der Waals surface area contributed by atoms with E-state index in [1.807, 2.05) is 0 Å². The van der Waals surface area contributed by atoms with Gasteiger partial charge in [-0.15, -0.1) is 11.8 Å². The van der Waals surface area contributed by atoms with Crippen LogP contribution in [0.5, 0.6) is 5.75 Å². The molecule has 2 aliphatic rings. The van der Waals surface area contributed by atoms with Gasteiger partial charge in [-0.05, 0) is 36.1 Å². The van der Waals surface area contributed by atoms with Gasteiger partial charge >= 0.3 is 11.9 Å². The van der Waals surface area contributed by atoms with Gasteiger partial charge in [0.25, 0.3) is 11.6 Å². The smallest absolute Gasteiger partial charge is 0.357 e. The van der Waals surface area contributed by atoms with Gasteiger partial charge in [0.15, 0.2) is 0 Å². The average Bonchev–Trinajstić information content (AvgIpc) is 2.91. The van der Waals surface area contributed by atoms with E-state index in [1.165, 1.54) is 49.1 Å². The number of hydrogen-bond acceptors (Lipinski definition) is 12. The number of amides is 2. The van der Waals surface area contributed by atoms with Crippen molar-refractivity contribution in [2.24, 2.45) is 17.4 Å². The van der Waals surface area contributed by atoms with E-state index >= 15 is 0 Å². The summed E-state index contributed by atoms with van der Waals surface area (Å²) in [6, 6.07) is 2.35. The number of ether oxygens (including phenoxy) is 4. The Morgan fingerprint density at radius 2 is 1.92 bits per heavy atom. The predicted molar refractivity (Wildman–Crippen MR) is 139 cm³/mol. The highest BCUT2D eigenvalue weighted by atomic mass is 32.2. The lowest BCUT2D eigenvalue weighted by atomic mass is 9.96. The molecule has 13 nitrogen and oxygen atoms in total. The maximum Gasteiger partial charge on any atom is 0.357 e. The highest BCUT2D eigenvalue weighted by molar-refractivity contribution is 8.00. The van der Waals surface area contributed by atoms with Gasteiger partial charge in [0.2, 0.25) is 12.7 Å². The molecular weight excluding hydrogens is 532 g/mol. The Morgan fingerprint density at radius 1 is 1.23 bits per heavy atom. The average molecular weight is 567 g/mol. The molecule has 2 amide bonds. The zero-order valence-electron chi connectivity index (χ0n) is 22.4. The highest BCUT2D eigenvalue weighted by Crippen LogP contribution is 2.46. The molecule has 39 heavy (non-hydrogen) atoms. The zero-order chi connectivity index (χ0) is 29.1. The van der Waals surface area contributed by atoms with Crippen LogP contribution in [0.15, 0.2) is 29.5 Å². The third kappa shape index (κ3) is 5.89. The molecule has 4 unspecified atom stereocenters. The molecule has 2 heterocycles. The number of hydrogen-bond donors (Lipinski definition) is 4. The van der Waals surface area contributed by atoms with E-state index in [2.05, 4.69) is 5.32 Å². The Kier molecular flexibility index (Phi) is 9.61. The summed E-state index contributed by atoms with van der Waals surface area (Å²) >= 11 is 1.28. The van der Waals surface area contributed by atoms with E-state index in [0.717, 1.165) is 0 Å². The first-order valence-electron chi connectivity index (χ1n) is 12.1. The minimum Gasteiger partial charge on any atom is -0.508 e. The van der Waals surface area contributed by atoms with Crippen molar-refractivity contribution in [2.45, 2.75) is 50.6 Å². The normalized spacial score (nSPS) is 22.1. The molecule has 1 aromatic rings. The molecular formula is C25H34N4O9S. The van der Waals surface area contributed by atoms with Gasteiger partial charge < -0.3 is 40.8 Å². The van der Waals surface area contributed by atoms with Crippen LogP contribution in [0.1, 0.15) is 37.9 Å². The number of β-lactam (4-membered cyclic amide) rings is 1. The van der Waals surface area contributed by atoms with Crippen molar-refractivity contribution < 1.29 is 43.2 Å². The second-order valence-electron chi connectivity index (χ2n) is 9.48. The van der Waals surface area contributed by atoms with Crippen molar-refractivity contribution in [3.8, 4) is 5.75 Å². The lowest BCUT2D eigenvalue weighted by molar-refractivity contribution is -0.194. The summed E-state index contributed by atoms with van der Waals surface area (Å²) in [5.74, 6) is -2.84. The van der Waals surface area contributed by atoms with Gasteiger partial charge in [0.1, 0.15) is 28.9 Å². The number of benzene rings is 1. The first-order valence-corrected chi connectivity index (χ1v) is 13.1. The molecule has 1 aromatic carbocycles. The number of phenols is 1. The van der Waals surface area contributed by atoms with Crippen LogP contribution in [0.4, 0.5) is 0 Å². The Labute approximate surface area is 230 Å². The Morgan fingerprint density at radius 3 is 2.54 bits per heavy atom. The number of fused-ring (bicyclic) bond motifs is 1. The topological polar surface area (TPSA) is 193 Å². The fraction of sp³-hybridized carbons (Fsp3) is 0.520. The van der Waals surface area contributed by atoms with Gasteiger partial charge in [-0.1, -0.05) is 19.9 Å². The van der Waals surface area contributed by atoms with E-state index < -0.39 is 53.7 Å². The van der Waals surface area contributed by atoms with E-state index in [1.54, 1.807) is 20.8 Å². The number of esters is 2. The number of nitrogens with zero attached hydrogens (tertiary/aromatic N) is 1. The molecule has 4 atom stereocenters. The number of aromatic hydroxyl groups is 1. The number of carbonyl (C=O) groups excluding carboxylic acids is 4. The molecule has 2 aliphatic heterocycles. The molecule has 6 N–H and O–H groups in total. The number of phenolic OH excluding ortho intramolecular Hbond substituents is 1. The number of nitrogens with two attached hydrogens (primary N) is 2. The largest absolute Gasteiger partial charge is 0.508 e. The lowest BCUT2D eigenvalue weighted by Gasteiger charge is -2.56. The van der Waals surface area contributed by atoms with Gasteiger partial charge in [0.05, 0.1) is 6.61 Å². The van der Waals surface area contributed by atoms with Gasteiger partial charge in [-0.3, -0.25) is 19.3 Å². The molecule has 3 rings (SSSR count). The summed E-state index contributed by atoms with van der Waals surface area (Å²) in [7, 11) is 2.73. The van der Waals surface area contributed by atoms with E-state index in [-0.39, 0.29) is 24.0 Å². The zero-order valence-corrected chi connectivity index (χ0v) is 23.2. The summed E-state index contributed by atoms with van der Waals surface area (Å²) in [5, 5.41) is 11.8. The van der Waals surface area contributed by atoms with E-state index in [9.17, 15) is 24.3 Å². The molecule has 0 spiro atoms. The summed E-state index contributed by atoms with van der Waals surface area (Å²) in [6.07, 6.45) is 0. The summed E-state index contributed by atoms with van der Waals surface area (Å²) in [6.45, 7) is 4.60. The molecule has 0 saturated carbocycles. The summed E-state index contributed by atoms with van der Waals surface area (Å²) in [5.41, 5.74) is 11.5. The van der Waals surface area contributed by atoms with E-state index in [4.69, 9.17) is 30.4 Å². The molecule has 214 valence electrons. The minimum atomic E-state index is -1.78. The fourth-order valence-electron chi connectivity index (χ4n) is 4.08. The third-order valence-electron chi connectivity index (χ3n) is 6.47. The van der Waals surface area contributed by atoms with Crippen molar-refractivity contribution in [2.75, 3.05) is 26.8 Å².